The number of amides is 1. The van der Waals surface area contributed by atoms with E-state index in [2.05, 4.69) is 10.3 Å². The van der Waals surface area contributed by atoms with Crippen LogP contribution in [-0.4, -0.2) is 20.7 Å². The lowest BCUT2D eigenvalue weighted by molar-refractivity contribution is 0.0940. The normalized spacial score (nSPS) is 11.8. The predicted molar refractivity (Wildman–Crippen MR) is 114 cm³/mol. The molecule has 2 heterocycles. The summed E-state index contributed by atoms with van der Waals surface area (Å²) in [4.78, 5) is 17.2. The predicted octanol–water partition coefficient (Wildman–Crippen LogP) is 4.73. The van der Waals surface area contributed by atoms with Crippen LogP contribution in [0.5, 0.6) is 0 Å². The van der Waals surface area contributed by atoms with E-state index >= 15 is 0 Å². The van der Waals surface area contributed by atoms with Gasteiger partial charge in [-0.1, -0.05) is 48.0 Å². The minimum Gasteiger partial charge on any atom is -0.345 e. The van der Waals surface area contributed by atoms with Crippen molar-refractivity contribution in [2.75, 3.05) is 0 Å². The van der Waals surface area contributed by atoms with E-state index in [1.54, 1.807) is 23.3 Å². The molecule has 0 saturated heterocycles. The molecular weight excluding hydrogens is 360 g/mol. The Labute approximate surface area is 170 Å². The van der Waals surface area contributed by atoms with Gasteiger partial charge < -0.3 is 5.32 Å². The van der Waals surface area contributed by atoms with Crippen molar-refractivity contribution in [1.82, 2.24) is 20.1 Å². The first-order chi connectivity index (χ1) is 14.1. The fourth-order valence-corrected chi connectivity index (χ4v) is 3.19. The van der Waals surface area contributed by atoms with E-state index in [0.29, 0.717) is 11.3 Å². The van der Waals surface area contributed by atoms with Crippen LogP contribution in [0.1, 0.15) is 34.5 Å². The van der Waals surface area contributed by atoms with Crippen LogP contribution in [0.2, 0.25) is 0 Å². The number of aromatic nitrogens is 3. The van der Waals surface area contributed by atoms with Crippen LogP contribution in [0.25, 0.3) is 16.9 Å². The molecule has 0 radical (unpaired) electrons. The van der Waals surface area contributed by atoms with Crippen LogP contribution in [0.3, 0.4) is 0 Å². The van der Waals surface area contributed by atoms with Gasteiger partial charge in [-0.05, 0) is 43.7 Å². The molecule has 4 aromatic rings. The molecule has 1 N–H and O–H groups in total. The van der Waals surface area contributed by atoms with Gasteiger partial charge in [-0.3, -0.25) is 9.78 Å². The van der Waals surface area contributed by atoms with E-state index in [9.17, 15) is 4.79 Å². The van der Waals surface area contributed by atoms with E-state index in [1.165, 1.54) is 5.56 Å². The highest BCUT2D eigenvalue weighted by molar-refractivity contribution is 6.00. The Morgan fingerprint density at radius 1 is 0.966 bits per heavy atom. The van der Waals surface area contributed by atoms with E-state index in [-0.39, 0.29) is 11.9 Å². The summed E-state index contributed by atoms with van der Waals surface area (Å²) in [5.74, 6) is -0.161. The van der Waals surface area contributed by atoms with E-state index in [4.69, 9.17) is 5.10 Å². The summed E-state index contributed by atoms with van der Waals surface area (Å²) in [5, 5.41) is 7.80. The van der Waals surface area contributed by atoms with Crippen LogP contribution < -0.4 is 5.32 Å². The molecule has 2 aromatic heterocycles. The highest BCUT2D eigenvalue weighted by Crippen LogP contribution is 2.24. The SMILES string of the molecule is Cc1ccc(-n2cc(C(=O)NC(C)c3ccncc3)c(-c3ccccc3)n2)cc1. The molecule has 5 heteroatoms. The molecular formula is C24H22N4O. The number of hydrogen-bond donors (Lipinski definition) is 1. The fourth-order valence-electron chi connectivity index (χ4n) is 3.19. The van der Waals surface area contributed by atoms with Crippen LogP contribution in [0, 0.1) is 6.92 Å². The van der Waals surface area contributed by atoms with Crippen LogP contribution in [0.4, 0.5) is 0 Å². The Kier molecular flexibility index (Phi) is 5.20. The first-order valence-corrected chi connectivity index (χ1v) is 9.55. The average molecular weight is 382 g/mol. The quantitative estimate of drug-likeness (QED) is 0.543. The van der Waals surface area contributed by atoms with Gasteiger partial charge in [0, 0.05) is 24.2 Å². The number of rotatable bonds is 5. The highest BCUT2D eigenvalue weighted by Gasteiger charge is 2.20. The molecule has 0 fully saturated rings. The van der Waals surface area contributed by atoms with Crippen molar-refractivity contribution in [3.8, 4) is 16.9 Å². The van der Waals surface area contributed by atoms with Crippen molar-refractivity contribution in [1.29, 1.82) is 0 Å². The molecule has 1 atom stereocenters. The second-order valence-corrected chi connectivity index (χ2v) is 7.01. The highest BCUT2D eigenvalue weighted by atomic mass is 16.1. The standard InChI is InChI=1S/C24H22N4O/c1-17-8-10-21(11-9-17)28-16-22(23(27-28)20-6-4-3-5-7-20)24(29)26-18(2)19-12-14-25-15-13-19/h3-16,18H,1-2H3,(H,26,29). The van der Waals surface area contributed by atoms with Crippen molar-refractivity contribution in [2.45, 2.75) is 19.9 Å². The zero-order chi connectivity index (χ0) is 20.2. The lowest BCUT2D eigenvalue weighted by Crippen LogP contribution is -2.26. The number of aryl methyl sites for hydroxylation is 1. The third kappa shape index (κ3) is 4.09. The van der Waals surface area contributed by atoms with Gasteiger partial charge in [-0.25, -0.2) is 4.68 Å². The average Bonchev–Trinajstić information content (AvgIpc) is 3.21. The lowest BCUT2D eigenvalue weighted by atomic mass is 10.1. The molecule has 1 amide bonds. The van der Waals surface area contributed by atoms with Gasteiger partial charge in [0.15, 0.2) is 0 Å². The van der Waals surface area contributed by atoms with Crippen LogP contribution >= 0.6 is 0 Å². The van der Waals surface area contributed by atoms with Gasteiger partial charge in [0.1, 0.15) is 5.69 Å². The summed E-state index contributed by atoms with van der Waals surface area (Å²) >= 11 is 0. The number of carbonyl (C=O) groups excluding carboxylic acids is 1. The van der Waals surface area contributed by atoms with Crippen LogP contribution in [-0.2, 0) is 0 Å². The Balaban J connectivity index is 1.70. The zero-order valence-corrected chi connectivity index (χ0v) is 16.4. The number of nitrogens with one attached hydrogen (secondary N) is 1. The van der Waals surface area contributed by atoms with Gasteiger partial charge in [-0.2, -0.15) is 5.10 Å². The summed E-state index contributed by atoms with van der Waals surface area (Å²) in [6, 6.07) is 21.5. The summed E-state index contributed by atoms with van der Waals surface area (Å²) in [6.45, 7) is 4.00. The first kappa shape index (κ1) is 18.6. The number of hydrogen-bond acceptors (Lipinski definition) is 3. The Morgan fingerprint density at radius 2 is 1.66 bits per heavy atom. The lowest BCUT2D eigenvalue weighted by Gasteiger charge is -2.14. The molecule has 0 aliphatic heterocycles. The van der Waals surface area contributed by atoms with Crippen molar-refractivity contribution >= 4 is 5.91 Å². The van der Waals surface area contributed by atoms with Crippen molar-refractivity contribution in [2.24, 2.45) is 0 Å². The number of pyridine rings is 1. The van der Waals surface area contributed by atoms with E-state index in [0.717, 1.165) is 16.8 Å². The molecule has 144 valence electrons. The molecule has 0 aliphatic carbocycles. The Morgan fingerprint density at radius 3 is 2.34 bits per heavy atom. The van der Waals surface area contributed by atoms with Crippen molar-refractivity contribution in [3.63, 3.8) is 0 Å². The molecule has 0 spiro atoms. The molecule has 4 rings (SSSR count). The second kappa shape index (κ2) is 8.10. The van der Waals surface area contributed by atoms with Crippen LogP contribution in [0.15, 0.2) is 85.3 Å². The maximum Gasteiger partial charge on any atom is 0.255 e. The molecule has 5 nitrogen and oxygen atoms in total. The summed E-state index contributed by atoms with van der Waals surface area (Å²) in [6.07, 6.45) is 5.24. The van der Waals surface area contributed by atoms with Gasteiger partial charge in [0.05, 0.1) is 17.3 Å². The number of carbonyl (C=O) groups is 1. The van der Waals surface area contributed by atoms with Gasteiger partial charge in [-0.15, -0.1) is 0 Å². The summed E-state index contributed by atoms with van der Waals surface area (Å²) < 4.78 is 1.76. The third-order valence-electron chi connectivity index (χ3n) is 4.86. The van der Waals surface area contributed by atoms with Crippen molar-refractivity contribution < 1.29 is 4.79 Å². The summed E-state index contributed by atoms with van der Waals surface area (Å²) in [5.41, 5.74) is 5.19. The topological polar surface area (TPSA) is 59.8 Å². The molecule has 0 aliphatic rings. The monoisotopic (exact) mass is 382 g/mol. The fraction of sp³-hybridized carbons (Fsp3) is 0.125. The zero-order valence-electron chi connectivity index (χ0n) is 16.4. The van der Waals surface area contributed by atoms with Gasteiger partial charge in [0.25, 0.3) is 5.91 Å². The molecule has 1 unspecified atom stereocenters. The molecule has 2 aromatic carbocycles. The smallest absolute Gasteiger partial charge is 0.255 e. The Bertz CT molecular complexity index is 1100. The minimum atomic E-state index is -0.161. The van der Waals surface area contributed by atoms with E-state index < -0.39 is 0 Å². The minimum absolute atomic E-state index is 0.142. The second-order valence-electron chi connectivity index (χ2n) is 7.01. The Hall–Kier alpha value is -3.73. The van der Waals surface area contributed by atoms with Gasteiger partial charge >= 0.3 is 0 Å². The van der Waals surface area contributed by atoms with E-state index in [1.807, 2.05) is 80.6 Å². The number of nitrogens with zero attached hydrogens (tertiary/aromatic N) is 3. The maximum absolute atomic E-state index is 13.1. The maximum atomic E-state index is 13.1. The molecule has 0 saturated carbocycles. The van der Waals surface area contributed by atoms with Crippen molar-refractivity contribution in [3.05, 3.63) is 102 Å². The molecule has 29 heavy (non-hydrogen) atoms. The van der Waals surface area contributed by atoms with Gasteiger partial charge in [0.2, 0.25) is 0 Å². The number of benzene rings is 2. The molecule has 0 bridgehead atoms. The third-order valence-corrected chi connectivity index (χ3v) is 4.86. The summed E-state index contributed by atoms with van der Waals surface area (Å²) in [7, 11) is 0. The first-order valence-electron chi connectivity index (χ1n) is 9.55. The largest absolute Gasteiger partial charge is 0.345 e.